The zero-order chi connectivity index (χ0) is 26.3. The molecule has 2 aromatic carbocycles. The van der Waals surface area contributed by atoms with Crippen LogP contribution in [0.4, 0.5) is 10.8 Å². The van der Waals surface area contributed by atoms with Crippen LogP contribution in [0, 0.1) is 5.92 Å². The molecule has 5 rings (SSSR count). The number of carbonyl (C=O) groups excluding carboxylic acids is 1. The molecular weight excluding hydrogens is 504 g/mol. The number of anilines is 2. The molecule has 0 bridgehead atoms. The third kappa shape index (κ3) is 6.03. The monoisotopic (exact) mass is 532 g/mol. The normalized spacial score (nSPS) is 13.6. The van der Waals surface area contributed by atoms with Gasteiger partial charge in [-0.3, -0.25) is 4.79 Å². The van der Waals surface area contributed by atoms with Crippen LogP contribution in [0.1, 0.15) is 16.2 Å². The number of nitrogens with one attached hydrogen (secondary N) is 1. The number of nitrogens with zero attached hydrogens (tertiary/aromatic N) is 5. The first kappa shape index (κ1) is 25.9. The Kier molecular flexibility index (Phi) is 8.29. The lowest BCUT2D eigenvalue weighted by molar-refractivity contribution is 0.102. The maximum Gasteiger partial charge on any atom is 0.274 e. The number of aromatic nitrogens is 4. The van der Waals surface area contributed by atoms with Crippen molar-refractivity contribution in [1.29, 1.82) is 0 Å². The van der Waals surface area contributed by atoms with Gasteiger partial charge in [0.1, 0.15) is 5.69 Å². The molecule has 0 saturated carbocycles. The number of carbonyl (C=O) groups is 1. The molecule has 11 heteroatoms. The van der Waals surface area contributed by atoms with E-state index in [1.54, 1.807) is 6.07 Å². The second kappa shape index (κ2) is 12.2. The number of hydrogen-bond acceptors (Lipinski definition) is 10. The fraction of sp³-hybridized carbons (Fsp3) is 0.296. The summed E-state index contributed by atoms with van der Waals surface area (Å²) >= 11 is 1.47. The number of ether oxygens (including phenoxy) is 1. The molecule has 2 aromatic heterocycles. The molecule has 0 spiro atoms. The van der Waals surface area contributed by atoms with Crippen LogP contribution < -0.4 is 10.2 Å². The molecule has 1 aliphatic rings. The van der Waals surface area contributed by atoms with Crippen molar-refractivity contribution in [3.63, 3.8) is 0 Å². The summed E-state index contributed by atoms with van der Waals surface area (Å²) in [6.07, 6.45) is 0.307. The first-order valence-electron chi connectivity index (χ1n) is 12.4. The molecule has 0 radical (unpaired) electrons. The lowest BCUT2D eigenvalue weighted by atomic mass is 10.0. The van der Waals surface area contributed by atoms with Gasteiger partial charge in [-0.25, -0.2) is 9.97 Å². The number of benzene rings is 2. The predicted octanol–water partition coefficient (Wildman–Crippen LogP) is 2.89. The van der Waals surface area contributed by atoms with Gasteiger partial charge in [0, 0.05) is 49.0 Å². The third-order valence-electron chi connectivity index (χ3n) is 6.16. The molecule has 1 aliphatic heterocycles. The molecule has 38 heavy (non-hydrogen) atoms. The van der Waals surface area contributed by atoms with Crippen LogP contribution in [0.5, 0.6) is 0 Å². The van der Waals surface area contributed by atoms with E-state index in [0.717, 1.165) is 29.3 Å². The van der Waals surface area contributed by atoms with Crippen molar-refractivity contribution in [2.24, 2.45) is 5.92 Å². The van der Waals surface area contributed by atoms with Crippen molar-refractivity contribution in [2.45, 2.75) is 6.42 Å². The fourth-order valence-electron chi connectivity index (χ4n) is 4.09. The summed E-state index contributed by atoms with van der Waals surface area (Å²) in [5.41, 5.74) is 2.86. The minimum absolute atomic E-state index is 0.185. The minimum atomic E-state index is -0.402. The quantitative estimate of drug-likeness (QED) is 0.297. The zero-order valence-electron chi connectivity index (χ0n) is 20.7. The molecule has 1 amide bonds. The summed E-state index contributed by atoms with van der Waals surface area (Å²) < 4.78 is 5.43. The highest BCUT2D eigenvalue weighted by Gasteiger charge is 2.20. The van der Waals surface area contributed by atoms with Gasteiger partial charge in [-0.2, -0.15) is 0 Å². The van der Waals surface area contributed by atoms with Crippen molar-refractivity contribution in [3.8, 4) is 22.0 Å². The Morgan fingerprint density at radius 2 is 1.74 bits per heavy atom. The van der Waals surface area contributed by atoms with Crippen molar-refractivity contribution in [1.82, 2.24) is 20.2 Å². The van der Waals surface area contributed by atoms with E-state index in [1.807, 2.05) is 54.6 Å². The molecule has 1 fully saturated rings. The molecule has 0 atom stereocenters. The molecule has 1 saturated heterocycles. The van der Waals surface area contributed by atoms with E-state index >= 15 is 0 Å². The summed E-state index contributed by atoms with van der Waals surface area (Å²) in [4.78, 5) is 24.7. The van der Waals surface area contributed by atoms with E-state index in [-0.39, 0.29) is 24.8 Å². The van der Waals surface area contributed by atoms with E-state index in [4.69, 9.17) is 4.74 Å². The van der Waals surface area contributed by atoms with Gasteiger partial charge in [-0.15, -0.1) is 10.2 Å². The summed E-state index contributed by atoms with van der Waals surface area (Å²) in [5.74, 6) is -0.389. The highest BCUT2D eigenvalue weighted by Crippen LogP contribution is 2.34. The van der Waals surface area contributed by atoms with Crippen molar-refractivity contribution < 1.29 is 19.7 Å². The highest BCUT2D eigenvalue weighted by atomic mass is 32.1. The predicted molar refractivity (Wildman–Crippen MR) is 145 cm³/mol. The Labute approximate surface area is 224 Å². The number of morpholine rings is 1. The molecule has 4 aromatic rings. The van der Waals surface area contributed by atoms with Crippen LogP contribution in [-0.4, -0.2) is 75.8 Å². The lowest BCUT2D eigenvalue weighted by Gasteiger charge is -2.25. The molecule has 0 aliphatic carbocycles. The first-order chi connectivity index (χ1) is 18.6. The van der Waals surface area contributed by atoms with Gasteiger partial charge < -0.3 is 25.2 Å². The maximum absolute atomic E-state index is 13.5. The Balaban J connectivity index is 1.43. The van der Waals surface area contributed by atoms with Gasteiger partial charge >= 0.3 is 0 Å². The number of aliphatic hydroxyl groups excluding tert-OH is 2. The first-order valence-corrected chi connectivity index (χ1v) is 13.2. The van der Waals surface area contributed by atoms with Crippen LogP contribution >= 0.6 is 11.3 Å². The average molecular weight is 533 g/mol. The van der Waals surface area contributed by atoms with E-state index in [0.29, 0.717) is 41.8 Å². The fourth-order valence-corrected chi connectivity index (χ4v) is 5.02. The average Bonchev–Trinajstić information content (AvgIpc) is 3.47. The van der Waals surface area contributed by atoms with Crippen LogP contribution in [0.15, 0.2) is 60.7 Å². The number of hydrogen-bond donors (Lipinski definition) is 3. The molecular formula is C27H28N6O4S. The molecule has 0 unspecified atom stereocenters. The molecule has 3 heterocycles. The summed E-state index contributed by atoms with van der Waals surface area (Å²) in [6, 6.07) is 18.4. The second-order valence-corrected chi connectivity index (χ2v) is 9.81. The van der Waals surface area contributed by atoms with Gasteiger partial charge in [0.25, 0.3) is 5.91 Å². The highest BCUT2D eigenvalue weighted by molar-refractivity contribution is 7.18. The Bertz CT molecular complexity index is 1370. The largest absolute Gasteiger partial charge is 0.396 e. The van der Waals surface area contributed by atoms with Crippen molar-refractivity contribution >= 4 is 28.1 Å². The van der Waals surface area contributed by atoms with Gasteiger partial charge in [0.2, 0.25) is 5.13 Å². The number of amides is 1. The van der Waals surface area contributed by atoms with Crippen molar-refractivity contribution in [2.75, 3.05) is 49.7 Å². The lowest BCUT2D eigenvalue weighted by Crippen LogP contribution is -2.36. The SMILES string of the molecule is O=C(Nc1ccccc1-c1nnc(N2CCOCC2)s1)c1cc(CC(CO)CO)nc(-c2ccccc2)n1. The molecule has 3 N–H and O–H groups in total. The smallest absolute Gasteiger partial charge is 0.274 e. The van der Waals surface area contributed by atoms with Gasteiger partial charge in [0.05, 0.1) is 18.9 Å². The van der Waals surface area contributed by atoms with E-state index in [2.05, 4.69) is 30.4 Å². The molecule has 10 nitrogen and oxygen atoms in total. The number of rotatable bonds is 9. The second-order valence-electron chi connectivity index (χ2n) is 8.86. The minimum Gasteiger partial charge on any atom is -0.396 e. The Morgan fingerprint density at radius 3 is 2.50 bits per heavy atom. The van der Waals surface area contributed by atoms with Gasteiger partial charge in [0.15, 0.2) is 10.8 Å². The van der Waals surface area contributed by atoms with E-state index in [9.17, 15) is 15.0 Å². The summed E-state index contributed by atoms with van der Waals surface area (Å²) in [5, 5.41) is 32.4. The summed E-state index contributed by atoms with van der Waals surface area (Å²) in [6.45, 7) is 2.46. The van der Waals surface area contributed by atoms with Gasteiger partial charge in [-0.05, 0) is 24.6 Å². The standard InChI is InChI=1S/C27H28N6O4S/c34-16-18(17-35)14-20-15-23(29-24(28-20)19-6-2-1-3-7-19)25(36)30-22-9-5-4-8-21(22)26-31-32-27(38-26)33-10-12-37-13-11-33/h1-9,15,18,34-35H,10-14,16-17H2,(H,30,36). The van der Waals surface area contributed by atoms with Crippen LogP contribution in [0.25, 0.3) is 22.0 Å². The Hall–Kier alpha value is -3.77. The number of aliphatic hydroxyl groups is 2. The van der Waals surface area contributed by atoms with Crippen LogP contribution in [-0.2, 0) is 11.2 Å². The topological polar surface area (TPSA) is 134 Å². The van der Waals surface area contributed by atoms with Gasteiger partial charge in [-0.1, -0.05) is 53.8 Å². The molecule has 196 valence electrons. The van der Waals surface area contributed by atoms with E-state index < -0.39 is 5.91 Å². The Morgan fingerprint density at radius 1 is 1.00 bits per heavy atom. The number of para-hydroxylation sites is 1. The maximum atomic E-state index is 13.5. The van der Waals surface area contributed by atoms with Crippen LogP contribution in [0.2, 0.25) is 0 Å². The summed E-state index contributed by atoms with van der Waals surface area (Å²) in [7, 11) is 0. The van der Waals surface area contributed by atoms with Crippen molar-refractivity contribution in [3.05, 3.63) is 72.1 Å². The van der Waals surface area contributed by atoms with E-state index in [1.165, 1.54) is 11.3 Å². The zero-order valence-corrected chi connectivity index (χ0v) is 21.5. The van der Waals surface area contributed by atoms with Crippen LogP contribution in [0.3, 0.4) is 0 Å². The third-order valence-corrected chi connectivity index (χ3v) is 7.18.